The van der Waals surface area contributed by atoms with Crippen LogP contribution in [0, 0.1) is 47.3 Å². The molecule has 4 aliphatic heterocycles. The Hall–Kier alpha value is -0.220. The Labute approximate surface area is 350 Å². The van der Waals surface area contributed by atoms with E-state index < -0.39 is 39.5 Å². The molecular weight excluding hydrogens is 785 g/mol. The Kier molecular flexibility index (Phi) is 24.2. The molecule has 14 heteroatoms. The van der Waals surface area contributed by atoms with Crippen LogP contribution in [0.5, 0.6) is 0 Å². The molecule has 0 radical (unpaired) electrons. The zero-order chi connectivity index (χ0) is 41.2. The predicted octanol–water partition coefficient (Wildman–Crippen LogP) is 7.66. The highest BCUT2D eigenvalue weighted by molar-refractivity contribution is 7.97. The van der Waals surface area contributed by atoms with Crippen LogP contribution in [0.2, 0.25) is 0 Å². The fourth-order valence-corrected chi connectivity index (χ4v) is 13.2. The third-order valence-electron chi connectivity index (χ3n) is 11.1. The van der Waals surface area contributed by atoms with E-state index in [1.165, 1.54) is 38.4 Å². The first kappa shape index (κ1) is 55.8. The van der Waals surface area contributed by atoms with Gasteiger partial charge < -0.3 is 0 Å². The molecular formula is C42H90N4O6S4. The lowest BCUT2D eigenvalue weighted by Crippen LogP contribution is -2.49. The van der Waals surface area contributed by atoms with Crippen molar-refractivity contribution in [1.82, 2.24) is 17.2 Å². The molecule has 5 fully saturated rings. The molecule has 10 nitrogen and oxygen atoms in total. The van der Waals surface area contributed by atoms with Gasteiger partial charge in [0.1, 0.15) is 0 Å². The van der Waals surface area contributed by atoms with Gasteiger partial charge >= 0.3 is 0 Å². The van der Waals surface area contributed by atoms with Crippen LogP contribution in [0.1, 0.15) is 134 Å². The van der Waals surface area contributed by atoms with E-state index in [4.69, 9.17) is 0 Å². The SMILES string of the molecule is C.C.C=S(C)(=O)N1CCC(CC(C)C)C1.C=S(C)(=O)N1CCC(CC(C)C)CC1.CC(C)CC1CCN(S(=O)(=O)C2CC2)C1.CC(C)CC1CN(S(C)(=O)=O)C1. The maximum Gasteiger partial charge on any atom is 0.216 e. The minimum Gasteiger partial charge on any atom is -0.253 e. The zero-order valence-corrected chi connectivity index (χ0v) is 39.5. The summed E-state index contributed by atoms with van der Waals surface area (Å²) in [6.07, 6.45) is 16.0. The van der Waals surface area contributed by atoms with Gasteiger partial charge in [-0.1, -0.05) is 70.2 Å². The molecule has 4 unspecified atom stereocenters. The van der Waals surface area contributed by atoms with Gasteiger partial charge in [-0.2, -0.15) is 0 Å². The summed E-state index contributed by atoms with van der Waals surface area (Å²) in [7, 11) is -9.68. The number of hydrogen-bond acceptors (Lipinski definition) is 6. The van der Waals surface area contributed by atoms with Gasteiger partial charge in [-0.15, -0.1) is 0 Å². The Morgan fingerprint density at radius 2 is 0.750 bits per heavy atom. The summed E-state index contributed by atoms with van der Waals surface area (Å²) < 4.78 is 76.5. The molecule has 0 aromatic rings. The van der Waals surface area contributed by atoms with Gasteiger partial charge in [0.15, 0.2) is 0 Å². The second kappa shape index (κ2) is 24.3. The van der Waals surface area contributed by atoms with Crippen molar-refractivity contribution < 1.29 is 25.3 Å². The van der Waals surface area contributed by atoms with Gasteiger partial charge in [-0.25, -0.2) is 34.1 Å². The Balaban J connectivity index is 0.000000714. The van der Waals surface area contributed by atoms with Gasteiger partial charge in [0.25, 0.3) is 0 Å². The maximum absolute atomic E-state index is 12.0. The quantitative estimate of drug-likeness (QED) is 0.176. The number of rotatable bonds is 13. The van der Waals surface area contributed by atoms with Crippen LogP contribution in [0.4, 0.5) is 0 Å². The van der Waals surface area contributed by atoms with E-state index >= 15 is 0 Å². The van der Waals surface area contributed by atoms with E-state index in [1.807, 2.05) is 8.61 Å². The van der Waals surface area contributed by atoms with Crippen LogP contribution in [0.3, 0.4) is 0 Å². The van der Waals surface area contributed by atoms with Crippen LogP contribution in [-0.4, -0.2) is 131 Å². The molecule has 0 N–H and O–H groups in total. The van der Waals surface area contributed by atoms with Crippen molar-refractivity contribution in [3.63, 3.8) is 0 Å². The van der Waals surface area contributed by atoms with E-state index in [1.54, 1.807) is 21.1 Å². The van der Waals surface area contributed by atoms with Gasteiger partial charge in [0.05, 0.1) is 11.5 Å². The molecule has 0 aromatic heterocycles. The molecule has 0 amide bonds. The van der Waals surface area contributed by atoms with Crippen LogP contribution >= 0.6 is 0 Å². The molecule has 0 aromatic carbocycles. The number of piperidine rings is 1. The van der Waals surface area contributed by atoms with Crippen LogP contribution in [-0.2, 0) is 39.5 Å². The van der Waals surface area contributed by atoms with E-state index in [2.05, 4.69) is 67.1 Å². The van der Waals surface area contributed by atoms with E-state index in [0.29, 0.717) is 23.7 Å². The minimum atomic E-state index is -2.90. The van der Waals surface area contributed by atoms with Crippen LogP contribution in [0.25, 0.3) is 0 Å². The first-order valence-corrected chi connectivity index (χ1v) is 28.3. The molecule has 56 heavy (non-hydrogen) atoms. The number of nitrogens with zero attached hydrogens (tertiary/aromatic N) is 4. The van der Waals surface area contributed by atoms with Gasteiger partial charge in [0.2, 0.25) is 20.0 Å². The van der Waals surface area contributed by atoms with E-state index in [9.17, 15) is 25.3 Å². The summed E-state index contributed by atoms with van der Waals surface area (Å²) >= 11 is 0. The Morgan fingerprint density at radius 3 is 1.09 bits per heavy atom. The van der Waals surface area contributed by atoms with Crippen molar-refractivity contribution >= 4 is 51.2 Å². The fourth-order valence-electron chi connectivity index (χ4n) is 8.28. The lowest BCUT2D eigenvalue weighted by molar-refractivity contribution is 0.175. The highest BCUT2D eigenvalue weighted by Gasteiger charge is 2.42. The number of sulfonamides is 2. The summed E-state index contributed by atoms with van der Waals surface area (Å²) in [5.41, 5.74) is 0. The third-order valence-corrected chi connectivity index (χ3v) is 17.6. The molecule has 5 rings (SSSR count). The maximum atomic E-state index is 12.0. The molecule has 4 atom stereocenters. The lowest BCUT2D eigenvalue weighted by Gasteiger charge is -2.38. The van der Waals surface area contributed by atoms with Gasteiger partial charge in [-0.3, -0.25) is 8.42 Å². The molecule has 0 bridgehead atoms. The highest BCUT2D eigenvalue weighted by atomic mass is 32.2. The Bertz CT molecular complexity index is 1540. The first-order chi connectivity index (χ1) is 24.7. The highest BCUT2D eigenvalue weighted by Crippen LogP contribution is 2.35. The average molecular weight is 875 g/mol. The summed E-state index contributed by atoms with van der Waals surface area (Å²) in [5, 5.41) is -0.0321. The molecule has 4 heterocycles. The minimum absolute atomic E-state index is 0. The van der Waals surface area contributed by atoms with Crippen molar-refractivity contribution in [2.24, 2.45) is 47.3 Å². The second-order valence-corrected chi connectivity index (χ2v) is 28.1. The predicted molar refractivity (Wildman–Crippen MR) is 249 cm³/mol. The molecule has 1 aliphatic carbocycles. The average Bonchev–Trinajstić information content (AvgIpc) is 3.57. The largest absolute Gasteiger partial charge is 0.253 e. The molecule has 5 aliphatic rings. The van der Waals surface area contributed by atoms with E-state index in [0.717, 1.165) is 108 Å². The lowest BCUT2D eigenvalue weighted by atomic mass is 9.89. The summed E-state index contributed by atoms with van der Waals surface area (Å²) in [4.78, 5) is 0. The Morgan fingerprint density at radius 1 is 0.446 bits per heavy atom. The van der Waals surface area contributed by atoms with E-state index in [-0.39, 0.29) is 20.1 Å². The van der Waals surface area contributed by atoms with Crippen molar-refractivity contribution in [3.8, 4) is 0 Å². The number of hydrogen-bond donors (Lipinski definition) is 0. The summed E-state index contributed by atoms with van der Waals surface area (Å²) in [6.45, 7) is 24.7. The first-order valence-electron chi connectivity index (χ1n) is 20.8. The second-order valence-electron chi connectivity index (χ2n) is 19.1. The van der Waals surface area contributed by atoms with Crippen LogP contribution in [0.15, 0.2) is 0 Å². The smallest absolute Gasteiger partial charge is 0.216 e. The zero-order valence-electron chi connectivity index (χ0n) is 36.2. The topological polar surface area (TPSA) is 115 Å². The van der Waals surface area contributed by atoms with Crippen molar-refractivity contribution in [2.45, 2.75) is 140 Å². The molecule has 4 saturated heterocycles. The summed E-state index contributed by atoms with van der Waals surface area (Å²) in [6, 6.07) is 0. The van der Waals surface area contributed by atoms with Gasteiger partial charge in [-0.05, 0) is 123 Å². The summed E-state index contributed by atoms with van der Waals surface area (Å²) in [5.74, 6) is 13.1. The molecule has 0 spiro atoms. The normalized spacial score (nSPS) is 25.4. The van der Waals surface area contributed by atoms with Crippen molar-refractivity contribution in [1.29, 1.82) is 0 Å². The van der Waals surface area contributed by atoms with Crippen molar-refractivity contribution in [3.05, 3.63) is 0 Å². The third kappa shape index (κ3) is 20.8. The van der Waals surface area contributed by atoms with Gasteiger partial charge in [0, 0.05) is 84.3 Å². The fraction of sp³-hybridized carbons (Fsp3) is 0.952. The molecule has 1 saturated carbocycles. The standard InChI is InChI=1S/C11H21NO2S.C11H23NOS.C10H21NOS.C8H17NO2S.2CH4/c1-9(2)7-10-5-6-12(8-10)15(13,14)11-3-4-11;1-10(2)9-11-5-7-12(8-6-11)14(3,4)13;1-9(2)7-10-5-6-11(8-10)13(3,4)12;1-7(2)4-8-5-9(6-8)12(3,10)11;;/h9-11H,3-8H2,1-2H3;10-11H,3,5-9H2,1-2,4H3;9-10H,3,5-8H2,1-2,4H3;7-8H,4-6H2,1-3H3;2*1H4. The van der Waals surface area contributed by atoms with Crippen LogP contribution < -0.4 is 0 Å². The van der Waals surface area contributed by atoms with Crippen molar-refractivity contribution in [2.75, 3.05) is 71.1 Å². The molecule has 338 valence electrons. The monoisotopic (exact) mass is 875 g/mol.